The van der Waals surface area contributed by atoms with Crippen molar-refractivity contribution < 1.29 is 0 Å². The summed E-state index contributed by atoms with van der Waals surface area (Å²) in [4.78, 5) is 0. The molecule has 0 fully saturated rings. The average molecular weight is 143 g/mol. The van der Waals surface area contributed by atoms with Crippen LogP contribution in [0, 0.1) is 5.92 Å². The van der Waals surface area contributed by atoms with Crippen molar-refractivity contribution in [1.82, 2.24) is 5.43 Å². The standard InChI is InChI=1S/C7H17N3/c1-5-6(2)7(3)9-10-8-4/h6-7H,5H2,1-4H3,(H,8,9)/t6?,7-/m0/s1. The van der Waals surface area contributed by atoms with Crippen molar-refractivity contribution in [2.75, 3.05) is 7.05 Å². The Hall–Kier alpha value is -0.600. The smallest absolute Gasteiger partial charge is 0.0726 e. The molecule has 0 radical (unpaired) electrons. The summed E-state index contributed by atoms with van der Waals surface area (Å²) in [5.74, 6) is 0.622. The van der Waals surface area contributed by atoms with Gasteiger partial charge in [0.2, 0.25) is 0 Å². The minimum absolute atomic E-state index is 0.331. The van der Waals surface area contributed by atoms with Gasteiger partial charge < -0.3 is 0 Å². The summed E-state index contributed by atoms with van der Waals surface area (Å²) < 4.78 is 0. The summed E-state index contributed by atoms with van der Waals surface area (Å²) in [7, 11) is 1.76. The van der Waals surface area contributed by atoms with E-state index in [1.165, 1.54) is 0 Å². The van der Waals surface area contributed by atoms with Crippen molar-refractivity contribution in [1.29, 1.82) is 0 Å². The van der Waals surface area contributed by atoms with E-state index in [9.17, 15) is 0 Å². The summed E-state index contributed by atoms with van der Waals surface area (Å²) >= 11 is 0. The van der Waals surface area contributed by atoms with E-state index in [4.69, 9.17) is 0 Å². The fraction of sp³-hybridized carbons (Fsp3) is 1.00. The van der Waals surface area contributed by atoms with Crippen LogP contribution in [0.5, 0.6) is 0 Å². The number of hydrogen-bond donors (Lipinski definition) is 1. The Labute approximate surface area is 62.9 Å². The molecule has 0 aromatic rings. The van der Waals surface area contributed by atoms with Crippen LogP contribution in [0.15, 0.2) is 10.3 Å². The van der Waals surface area contributed by atoms with Crippen LogP contribution >= 0.6 is 0 Å². The maximum absolute atomic E-state index is 4.03. The first-order valence-electron chi connectivity index (χ1n) is 3.79. The third-order valence-corrected chi connectivity index (χ3v) is 1.81. The quantitative estimate of drug-likeness (QED) is 0.474. The van der Waals surface area contributed by atoms with E-state index in [2.05, 4.69) is 36.5 Å². The van der Waals surface area contributed by atoms with E-state index in [0.29, 0.717) is 12.0 Å². The summed E-state index contributed by atoms with van der Waals surface area (Å²) in [6.45, 7) is 6.42. The Balaban J connectivity index is 3.60. The summed E-state index contributed by atoms with van der Waals surface area (Å²) in [5, 5.41) is 7.74. The number of nitrogens with one attached hydrogen (secondary N) is 1. The SMILES string of the molecule is CCC(C)[C@H](C)/N=N\NC. The molecule has 60 valence electrons. The summed E-state index contributed by atoms with van der Waals surface area (Å²) in [6, 6.07) is 0.331. The van der Waals surface area contributed by atoms with Crippen LogP contribution in [0.2, 0.25) is 0 Å². The molecule has 0 saturated heterocycles. The number of rotatable bonds is 4. The monoisotopic (exact) mass is 143 g/mol. The zero-order valence-electron chi connectivity index (χ0n) is 7.26. The highest BCUT2D eigenvalue weighted by Gasteiger charge is 2.07. The normalized spacial score (nSPS) is 17.2. The molecule has 0 aromatic carbocycles. The van der Waals surface area contributed by atoms with Crippen LogP contribution in [0.1, 0.15) is 27.2 Å². The van der Waals surface area contributed by atoms with Crippen LogP contribution in [-0.4, -0.2) is 13.1 Å². The van der Waals surface area contributed by atoms with Crippen LogP contribution in [0.3, 0.4) is 0 Å². The lowest BCUT2D eigenvalue weighted by Crippen LogP contribution is -2.10. The molecule has 1 N–H and O–H groups in total. The Kier molecular flexibility index (Phi) is 4.89. The molecule has 0 aliphatic heterocycles. The van der Waals surface area contributed by atoms with E-state index >= 15 is 0 Å². The maximum atomic E-state index is 4.03. The molecule has 3 nitrogen and oxygen atoms in total. The lowest BCUT2D eigenvalue weighted by atomic mass is 10.0. The Morgan fingerprint density at radius 1 is 1.40 bits per heavy atom. The van der Waals surface area contributed by atoms with E-state index in [-0.39, 0.29) is 0 Å². The van der Waals surface area contributed by atoms with Gasteiger partial charge in [0.25, 0.3) is 0 Å². The second-order valence-electron chi connectivity index (χ2n) is 2.57. The molecular formula is C7H17N3. The minimum Gasteiger partial charge on any atom is -0.295 e. The van der Waals surface area contributed by atoms with Gasteiger partial charge in [0.1, 0.15) is 0 Å². The average Bonchev–Trinajstić information content (AvgIpc) is 1.98. The molecule has 1 unspecified atom stereocenters. The zero-order valence-corrected chi connectivity index (χ0v) is 7.26. The van der Waals surface area contributed by atoms with Crippen molar-refractivity contribution >= 4 is 0 Å². The van der Waals surface area contributed by atoms with Gasteiger partial charge >= 0.3 is 0 Å². The topological polar surface area (TPSA) is 36.8 Å². The highest BCUT2D eigenvalue weighted by molar-refractivity contribution is 4.63. The molecule has 10 heavy (non-hydrogen) atoms. The molecule has 0 aliphatic carbocycles. The highest BCUT2D eigenvalue weighted by atomic mass is 15.4. The lowest BCUT2D eigenvalue weighted by Gasteiger charge is -2.10. The molecule has 3 heteroatoms. The van der Waals surface area contributed by atoms with E-state index in [1.807, 2.05) is 0 Å². The van der Waals surface area contributed by atoms with Crippen LogP contribution in [-0.2, 0) is 0 Å². The lowest BCUT2D eigenvalue weighted by molar-refractivity contribution is 0.448. The van der Waals surface area contributed by atoms with Gasteiger partial charge in [0.05, 0.1) is 6.04 Å². The summed E-state index contributed by atoms with van der Waals surface area (Å²) in [6.07, 6.45) is 1.16. The predicted molar refractivity (Wildman–Crippen MR) is 42.8 cm³/mol. The first kappa shape index (κ1) is 9.40. The van der Waals surface area contributed by atoms with Gasteiger partial charge in [-0.1, -0.05) is 25.5 Å². The molecule has 0 spiro atoms. The van der Waals surface area contributed by atoms with Gasteiger partial charge in [-0.15, -0.1) is 0 Å². The second-order valence-corrected chi connectivity index (χ2v) is 2.57. The van der Waals surface area contributed by atoms with Gasteiger partial charge in [-0.2, -0.15) is 5.11 Å². The van der Waals surface area contributed by atoms with Crippen molar-refractivity contribution in [2.45, 2.75) is 33.2 Å². The maximum Gasteiger partial charge on any atom is 0.0726 e. The van der Waals surface area contributed by atoms with Crippen LogP contribution in [0.25, 0.3) is 0 Å². The fourth-order valence-electron chi connectivity index (χ4n) is 0.604. The van der Waals surface area contributed by atoms with Crippen molar-refractivity contribution in [3.05, 3.63) is 0 Å². The van der Waals surface area contributed by atoms with Crippen molar-refractivity contribution in [2.24, 2.45) is 16.3 Å². The molecular weight excluding hydrogens is 126 g/mol. The first-order valence-corrected chi connectivity index (χ1v) is 3.79. The molecule has 0 aliphatic rings. The molecule has 0 rings (SSSR count). The Morgan fingerprint density at radius 2 is 2.00 bits per heavy atom. The van der Waals surface area contributed by atoms with Gasteiger partial charge in [-0.3, -0.25) is 5.43 Å². The Bertz CT molecular complexity index is 101. The van der Waals surface area contributed by atoms with E-state index < -0.39 is 0 Å². The Morgan fingerprint density at radius 3 is 2.40 bits per heavy atom. The molecule has 2 atom stereocenters. The van der Waals surface area contributed by atoms with E-state index in [0.717, 1.165) is 6.42 Å². The van der Waals surface area contributed by atoms with Crippen molar-refractivity contribution in [3.8, 4) is 0 Å². The van der Waals surface area contributed by atoms with Gasteiger partial charge in [-0.05, 0) is 12.8 Å². The van der Waals surface area contributed by atoms with Crippen LogP contribution < -0.4 is 5.43 Å². The minimum atomic E-state index is 0.331. The van der Waals surface area contributed by atoms with Gasteiger partial charge in [-0.25, -0.2) is 0 Å². The number of nitrogens with zero attached hydrogens (tertiary/aromatic N) is 2. The van der Waals surface area contributed by atoms with E-state index in [1.54, 1.807) is 7.05 Å². The largest absolute Gasteiger partial charge is 0.295 e. The third-order valence-electron chi connectivity index (χ3n) is 1.81. The molecule has 0 bridgehead atoms. The third kappa shape index (κ3) is 3.43. The highest BCUT2D eigenvalue weighted by Crippen LogP contribution is 2.09. The second kappa shape index (κ2) is 5.21. The predicted octanol–water partition coefficient (Wildman–Crippen LogP) is 2.01. The molecule has 0 saturated carbocycles. The van der Waals surface area contributed by atoms with Gasteiger partial charge in [0.15, 0.2) is 0 Å². The number of hydrogen-bond acceptors (Lipinski definition) is 2. The van der Waals surface area contributed by atoms with Crippen LogP contribution in [0.4, 0.5) is 0 Å². The molecule has 0 amide bonds. The molecule has 0 heterocycles. The van der Waals surface area contributed by atoms with Crippen molar-refractivity contribution in [3.63, 3.8) is 0 Å². The first-order chi connectivity index (χ1) is 4.72. The molecule has 0 aromatic heterocycles. The fourth-order valence-corrected chi connectivity index (χ4v) is 0.604. The zero-order chi connectivity index (χ0) is 7.98. The van der Waals surface area contributed by atoms with Gasteiger partial charge in [0, 0.05) is 7.05 Å². The summed E-state index contributed by atoms with van der Waals surface area (Å²) in [5.41, 5.74) is 2.64.